The predicted molar refractivity (Wildman–Crippen MR) is 138 cm³/mol. The van der Waals surface area contributed by atoms with E-state index < -0.39 is 0 Å². The number of quaternary nitrogens is 1. The van der Waals surface area contributed by atoms with E-state index in [9.17, 15) is 10.0 Å². The average molecular weight is 469 g/mol. The van der Waals surface area contributed by atoms with E-state index in [0.29, 0.717) is 36.0 Å². The first-order valence-electron chi connectivity index (χ1n) is 13.3. The molecule has 34 heavy (non-hydrogen) atoms. The van der Waals surface area contributed by atoms with Gasteiger partial charge in [-0.15, -0.1) is 0 Å². The highest BCUT2D eigenvalue weighted by Crippen LogP contribution is 2.40. The van der Waals surface area contributed by atoms with E-state index in [-0.39, 0.29) is 17.5 Å². The normalized spacial score (nSPS) is 24.4. The first kappa shape index (κ1) is 25.2. The van der Waals surface area contributed by atoms with Crippen molar-refractivity contribution in [3.8, 4) is 0 Å². The summed E-state index contributed by atoms with van der Waals surface area (Å²) in [4.78, 5) is 19.6. The average Bonchev–Trinajstić information content (AvgIpc) is 3.17. The highest BCUT2D eigenvalue weighted by atomic mass is 16.5. The van der Waals surface area contributed by atoms with Crippen LogP contribution in [0.1, 0.15) is 84.0 Å². The Morgan fingerprint density at radius 1 is 1.21 bits per heavy atom. The molecule has 2 atom stereocenters. The minimum atomic E-state index is -0.0362. The zero-order valence-electron chi connectivity index (χ0n) is 21.7. The van der Waals surface area contributed by atoms with Crippen LogP contribution in [0.4, 0.5) is 0 Å². The van der Waals surface area contributed by atoms with Crippen LogP contribution in [-0.2, 0) is 11.2 Å². The lowest BCUT2D eigenvalue weighted by Gasteiger charge is -2.40. The molecule has 1 aliphatic heterocycles. The van der Waals surface area contributed by atoms with E-state index in [1.54, 1.807) is 0 Å². The van der Waals surface area contributed by atoms with Crippen LogP contribution < -0.4 is 10.4 Å². The highest BCUT2D eigenvalue weighted by molar-refractivity contribution is 5.86. The van der Waals surface area contributed by atoms with Gasteiger partial charge >= 0.3 is 0 Å². The number of para-hydroxylation sites is 1. The second kappa shape index (κ2) is 10.4. The van der Waals surface area contributed by atoms with Crippen molar-refractivity contribution in [2.45, 2.75) is 84.7 Å². The molecule has 0 spiro atoms. The number of aromatic nitrogens is 1. The first-order chi connectivity index (χ1) is 16.1. The maximum absolute atomic E-state index is 13.7. The minimum absolute atomic E-state index is 0.0362. The van der Waals surface area contributed by atoms with Gasteiger partial charge in [0.15, 0.2) is 0 Å². The van der Waals surface area contributed by atoms with Crippen LogP contribution in [0.25, 0.3) is 10.9 Å². The molecule has 1 aromatic heterocycles. The molecule has 1 fully saturated rings. The molecule has 6 nitrogen and oxygen atoms in total. The molecule has 3 N–H and O–H groups in total. The Labute approximate surface area is 205 Å². The van der Waals surface area contributed by atoms with Crippen LogP contribution in [0, 0.1) is 23.0 Å². The zero-order chi connectivity index (χ0) is 24.5. The second-order valence-electron chi connectivity index (χ2n) is 12.1. The number of carbonyl (C=O) groups is 1. The lowest BCUT2D eigenvalue weighted by molar-refractivity contribution is -0.855. The maximum Gasteiger partial charge on any atom is 0.226 e. The number of aromatic amines is 1. The number of nitrogens with zero attached hydrogens (tertiary/aromatic N) is 1. The molecule has 0 bridgehead atoms. The summed E-state index contributed by atoms with van der Waals surface area (Å²) < 4.78 is 0. The molecule has 2 aromatic rings. The van der Waals surface area contributed by atoms with Gasteiger partial charge in [-0.2, -0.15) is 0 Å². The highest BCUT2D eigenvalue weighted by Gasteiger charge is 2.38. The van der Waals surface area contributed by atoms with Crippen molar-refractivity contribution in [1.29, 1.82) is 0 Å². The third-order valence-corrected chi connectivity index (χ3v) is 7.66. The lowest BCUT2D eigenvalue weighted by Crippen LogP contribution is -3.10. The number of fused-ring (bicyclic) bond motifs is 3. The Morgan fingerprint density at radius 3 is 2.59 bits per heavy atom. The van der Waals surface area contributed by atoms with E-state index in [4.69, 9.17) is 0 Å². The van der Waals surface area contributed by atoms with Crippen LogP contribution >= 0.6 is 0 Å². The topological polar surface area (TPSA) is 75.6 Å². The molecule has 6 heteroatoms. The van der Waals surface area contributed by atoms with Crippen molar-refractivity contribution < 1.29 is 9.86 Å². The summed E-state index contributed by atoms with van der Waals surface area (Å²) in [6.45, 7) is 12.6. The molecule has 4 rings (SSSR count). The molecule has 2 unspecified atom stereocenters. The molecule has 2 heterocycles. The monoisotopic (exact) mass is 468 g/mol. The van der Waals surface area contributed by atoms with Crippen molar-refractivity contribution in [1.82, 2.24) is 15.2 Å². The number of benzene rings is 1. The summed E-state index contributed by atoms with van der Waals surface area (Å²) in [6, 6.07) is 8.66. The van der Waals surface area contributed by atoms with Crippen LogP contribution in [0.15, 0.2) is 24.3 Å². The fraction of sp³-hybridized carbons (Fsp3) is 0.679. The molecule has 0 radical (unpaired) electrons. The second-order valence-corrected chi connectivity index (χ2v) is 12.1. The van der Waals surface area contributed by atoms with Crippen LogP contribution in [0.2, 0.25) is 0 Å². The van der Waals surface area contributed by atoms with Gasteiger partial charge in [0.05, 0.1) is 12.6 Å². The zero-order valence-corrected chi connectivity index (χ0v) is 21.7. The molecule has 2 aliphatic rings. The molecule has 1 saturated carbocycles. The molecule has 1 amide bonds. The van der Waals surface area contributed by atoms with E-state index in [1.165, 1.54) is 22.2 Å². The fourth-order valence-electron chi connectivity index (χ4n) is 5.88. The Bertz CT molecular complexity index is 968. The van der Waals surface area contributed by atoms with E-state index in [1.807, 2.05) is 0 Å². The number of amides is 1. The Hall–Kier alpha value is -1.89. The number of hydroxylamine groups is 2. The largest absolute Gasteiger partial charge is 0.633 e. The summed E-state index contributed by atoms with van der Waals surface area (Å²) >= 11 is 0. The van der Waals surface area contributed by atoms with Gasteiger partial charge < -0.3 is 20.2 Å². The number of H-pyrrole nitrogens is 1. The third-order valence-electron chi connectivity index (χ3n) is 7.66. The molecule has 188 valence electrons. The Morgan fingerprint density at radius 2 is 1.91 bits per heavy atom. The predicted octanol–water partition coefficient (Wildman–Crippen LogP) is 4.17. The maximum atomic E-state index is 13.7. The molecular formula is C28H44N4O2. The minimum Gasteiger partial charge on any atom is -0.633 e. The van der Waals surface area contributed by atoms with Crippen molar-refractivity contribution in [3.63, 3.8) is 0 Å². The van der Waals surface area contributed by atoms with Gasteiger partial charge in [0.1, 0.15) is 6.67 Å². The van der Waals surface area contributed by atoms with Crippen molar-refractivity contribution in [2.24, 2.45) is 17.8 Å². The fourth-order valence-corrected chi connectivity index (χ4v) is 5.88. The quantitative estimate of drug-likeness (QED) is 0.422. The van der Waals surface area contributed by atoms with Gasteiger partial charge in [-0.25, -0.2) is 0 Å². The molecule has 1 aliphatic carbocycles. The van der Waals surface area contributed by atoms with E-state index >= 15 is 0 Å². The van der Waals surface area contributed by atoms with Crippen molar-refractivity contribution in [3.05, 3.63) is 40.7 Å². The standard InChI is InChI=1S/C28H44N4O2/c1-19(2)16-25-26-23(22-8-6-7-9-24(22)30-26)14-15-32(25)27(33)21-12-10-20(11-13-21)17-31(34)18-29-28(3,4)5/h6-9,19-21,25,29-31H,10-18H2,1-5H3. The van der Waals surface area contributed by atoms with Gasteiger partial charge in [-0.3, -0.25) is 10.1 Å². The summed E-state index contributed by atoms with van der Waals surface area (Å²) in [5, 5.41) is 17.3. The Kier molecular flexibility index (Phi) is 7.70. The van der Waals surface area contributed by atoms with Gasteiger partial charge in [0, 0.05) is 40.5 Å². The van der Waals surface area contributed by atoms with Crippen LogP contribution in [-0.4, -0.2) is 41.1 Å². The SMILES string of the molecule is CC(C)CC1c2[nH]c3ccccc3c2CCN1C(=O)C1CCC(C[NH+]([O-])CNC(C)(C)C)CC1. The number of hydrogen-bond donors (Lipinski definition) is 3. The number of nitrogens with one attached hydrogen (secondary N) is 3. The summed E-state index contributed by atoms with van der Waals surface area (Å²) in [5.74, 6) is 1.36. The van der Waals surface area contributed by atoms with Gasteiger partial charge in [-0.1, -0.05) is 32.0 Å². The van der Waals surface area contributed by atoms with Crippen molar-refractivity contribution >= 4 is 16.8 Å². The molecule has 1 aromatic carbocycles. The van der Waals surface area contributed by atoms with Crippen molar-refractivity contribution in [2.75, 3.05) is 19.8 Å². The summed E-state index contributed by atoms with van der Waals surface area (Å²) in [5.41, 5.74) is 3.80. The van der Waals surface area contributed by atoms with Gasteiger partial charge in [-0.05, 0) is 76.8 Å². The van der Waals surface area contributed by atoms with Crippen LogP contribution in [0.5, 0.6) is 0 Å². The van der Waals surface area contributed by atoms with Crippen LogP contribution in [0.3, 0.4) is 0 Å². The summed E-state index contributed by atoms with van der Waals surface area (Å²) in [6.07, 6.45) is 5.69. The van der Waals surface area contributed by atoms with Gasteiger partial charge in [0.25, 0.3) is 0 Å². The summed E-state index contributed by atoms with van der Waals surface area (Å²) in [7, 11) is 0. The lowest BCUT2D eigenvalue weighted by atomic mass is 9.80. The van der Waals surface area contributed by atoms with E-state index in [0.717, 1.165) is 45.1 Å². The van der Waals surface area contributed by atoms with E-state index in [2.05, 4.69) is 74.1 Å². The third kappa shape index (κ3) is 5.84. The number of hydrogen-bond acceptors (Lipinski definition) is 3. The smallest absolute Gasteiger partial charge is 0.226 e. The number of carbonyl (C=O) groups excluding carboxylic acids is 1. The first-order valence-corrected chi connectivity index (χ1v) is 13.3. The van der Waals surface area contributed by atoms with Gasteiger partial charge in [0.2, 0.25) is 5.91 Å². The number of rotatable bonds is 7. The molecule has 0 saturated heterocycles. The Balaban J connectivity index is 1.39. The molecular weight excluding hydrogens is 424 g/mol.